The largest absolute Gasteiger partial charge is 0.497 e. The lowest BCUT2D eigenvalue weighted by Crippen LogP contribution is -2.44. The van der Waals surface area contributed by atoms with Crippen molar-refractivity contribution in [1.29, 1.82) is 0 Å². The molecule has 1 amide bonds. The van der Waals surface area contributed by atoms with Crippen molar-refractivity contribution in [2.24, 2.45) is 0 Å². The van der Waals surface area contributed by atoms with E-state index in [1.807, 2.05) is 36.4 Å². The van der Waals surface area contributed by atoms with Crippen LogP contribution in [0.5, 0.6) is 5.75 Å². The number of thioether (sulfide) groups is 1. The fraction of sp³-hybridized carbons (Fsp3) is 0.409. The average molecular weight is 435 g/mol. The van der Waals surface area contributed by atoms with E-state index in [9.17, 15) is 9.90 Å². The van der Waals surface area contributed by atoms with Gasteiger partial charge in [0.2, 0.25) is 0 Å². The molecule has 29 heavy (non-hydrogen) atoms. The summed E-state index contributed by atoms with van der Waals surface area (Å²) < 4.78 is 5.23. The summed E-state index contributed by atoms with van der Waals surface area (Å²) in [4.78, 5) is 18.1. The highest BCUT2D eigenvalue weighted by atomic mass is 35.5. The average Bonchev–Trinajstić information content (AvgIpc) is 2.84. The Balaban J connectivity index is 1.96. The Hall–Kier alpha value is -1.73. The van der Waals surface area contributed by atoms with Crippen molar-refractivity contribution in [1.82, 2.24) is 4.90 Å². The molecular weight excluding hydrogens is 408 g/mol. The van der Waals surface area contributed by atoms with Crippen LogP contribution >= 0.6 is 23.4 Å². The van der Waals surface area contributed by atoms with Crippen molar-refractivity contribution in [2.45, 2.75) is 30.1 Å². The third-order valence-corrected chi connectivity index (χ3v) is 6.85. The summed E-state index contributed by atoms with van der Waals surface area (Å²) in [5, 5.41) is 11.2. The number of anilines is 1. The molecular formula is C22H27ClN2O3S. The predicted molar refractivity (Wildman–Crippen MR) is 119 cm³/mol. The molecule has 0 saturated carbocycles. The van der Waals surface area contributed by atoms with Gasteiger partial charge in [-0.05, 0) is 49.0 Å². The first kappa shape index (κ1) is 22.0. The number of rotatable bonds is 7. The molecule has 0 bridgehead atoms. The van der Waals surface area contributed by atoms with Gasteiger partial charge >= 0.3 is 0 Å². The summed E-state index contributed by atoms with van der Waals surface area (Å²) in [6.45, 7) is 7.29. The van der Waals surface area contributed by atoms with Gasteiger partial charge in [-0.3, -0.25) is 4.79 Å². The summed E-state index contributed by atoms with van der Waals surface area (Å²) in [7, 11) is 1.61. The first-order valence-corrected chi connectivity index (χ1v) is 11.1. The van der Waals surface area contributed by atoms with Crippen LogP contribution in [0.3, 0.4) is 0 Å². The first-order chi connectivity index (χ1) is 14.0. The molecule has 0 unspecified atom stereocenters. The maximum atomic E-state index is 13.3. The molecule has 1 aliphatic heterocycles. The number of hydrogen-bond acceptors (Lipinski definition) is 5. The normalized spacial score (nSPS) is 19.2. The predicted octanol–water partition coefficient (Wildman–Crippen LogP) is 4.23. The van der Waals surface area contributed by atoms with Gasteiger partial charge in [-0.2, -0.15) is 0 Å². The summed E-state index contributed by atoms with van der Waals surface area (Å²) in [5.41, 5.74) is 1.67. The van der Waals surface area contributed by atoms with E-state index in [0.717, 1.165) is 41.5 Å². The third kappa shape index (κ3) is 4.89. The highest BCUT2D eigenvalue weighted by Crippen LogP contribution is 2.46. The number of nitrogens with zero attached hydrogens (tertiary/aromatic N) is 2. The third-order valence-electron chi connectivity index (χ3n) is 5.25. The molecule has 0 aliphatic carbocycles. The molecule has 156 valence electrons. The summed E-state index contributed by atoms with van der Waals surface area (Å²) in [6, 6.07) is 13.0. The van der Waals surface area contributed by atoms with E-state index in [1.54, 1.807) is 18.1 Å². The van der Waals surface area contributed by atoms with E-state index < -0.39 is 11.4 Å². The van der Waals surface area contributed by atoms with Gasteiger partial charge in [0.1, 0.15) is 11.9 Å². The SMILES string of the molecule is CCN(CC)CCN1C(=O)[C@@H](O)[C@@H](c2ccc(OC)cc2)Sc2cc(Cl)ccc21. The number of aliphatic hydroxyl groups excluding tert-OH is 1. The van der Waals surface area contributed by atoms with Crippen LogP contribution in [-0.2, 0) is 4.79 Å². The minimum absolute atomic E-state index is 0.286. The number of halogens is 1. The van der Waals surface area contributed by atoms with Gasteiger partial charge in [-0.1, -0.05) is 37.6 Å². The minimum Gasteiger partial charge on any atom is -0.497 e. The molecule has 5 nitrogen and oxygen atoms in total. The van der Waals surface area contributed by atoms with Crippen LogP contribution in [0.25, 0.3) is 0 Å². The van der Waals surface area contributed by atoms with Crippen molar-refractivity contribution < 1.29 is 14.6 Å². The van der Waals surface area contributed by atoms with Gasteiger partial charge in [0.25, 0.3) is 5.91 Å². The fourth-order valence-corrected chi connectivity index (χ4v) is 5.01. The standard InChI is InChI=1S/C22H27ClN2O3S/c1-4-24(5-2)12-13-25-18-11-8-16(23)14-19(18)29-21(20(26)22(25)27)15-6-9-17(28-3)10-7-15/h6-11,14,20-21,26H,4-5,12-13H2,1-3H3/t20-,21+/m0/s1. The number of fused-ring (bicyclic) bond motifs is 1. The van der Waals surface area contributed by atoms with Crippen LogP contribution in [0.15, 0.2) is 47.4 Å². The zero-order chi connectivity index (χ0) is 21.0. The lowest BCUT2D eigenvalue weighted by molar-refractivity contribution is -0.126. The van der Waals surface area contributed by atoms with E-state index >= 15 is 0 Å². The summed E-state index contributed by atoms with van der Waals surface area (Å²) >= 11 is 7.72. The van der Waals surface area contributed by atoms with E-state index in [2.05, 4.69) is 18.7 Å². The van der Waals surface area contributed by atoms with Crippen molar-refractivity contribution in [3.8, 4) is 5.75 Å². The number of ether oxygens (including phenoxy) is 1. The fourth-order valence-electron chi connectivity index (χ4n) is 3.47. The van der Waals surface area contributed by atoms with Gasteiger partial charge < -0.3 is 19.6 Å². The zero-order valence-electron chi connectivity index (χ0n) is 17.0. The Kier molecular flexibility index (Phi) is 7.46. The molecule has 2 aromatic rings. The molecule has 1 heterocycles. The van der Waals surface area contributed by atoms with Gasteiger partial charge in [-0.25, -0.2) is 0 Å². The van der Waals surface area contributed by atoms with Crippen molar-refractivity contribution in [3.05, 3.63) is 53.1 Å². The number of amides is 1. The van der Waals surface area contributed by atoms with Crippen molar-refractivity contribution in [3.63, 3.8) is 0 Å². The van der Waals surface area contributed by atoms with Crippen LogP contribution < -0.4 is 9.64 Å². The molecule has 0 saturated heterocycles. The second-order valence-electron chi connectivity index (χ2n) is 6.89. The lowest BCUT2D eigenvalue weighted by atomic mass is 10.1. The van der Waals surface area contributed by atoms with E-state index in [-0.39, 0.29) is 5.91 Å². The van der Waals surface area contributed by atoms with Gasteiger partial charge in [0.05, 0.1) is 18.0 Å². The Morgan fingerprint density at radius 3 is 2.48 bits per heavy atom. The molecule has 0 aromatic heterocycles. The second kappa shape index (κ2) is 9.85. The number of hydrogen-bond donors (Lipinski definition) is 1. The Morgan fingerprint density at radius 2 is 1.86 bits per heavy atom. The number of carbonyl (C=O) groups is 1. The number of aliphatic hydroxyl groups is 1. The number of carbonyl (C=O) groups excluding carboxylic acids is 1. The van der Waals surface area contributed by atoms with Crippen LogP contribution in [-0.4, -0.2) is 55.3 Å². The second-order valence-corrected chi connectivity index (χ2v) is 8.51. The smallest absolute Gasteiger partial charge is 0.257 e. The van der Waals surface area contributed by atoms with E-state index in [1.165, 1.54) is 11.8 Å². The molecule has 3 rings (SSSR count). The Bertz CT molecular complexity index is 842. The molecule has 1 aliphatic rings. The summed E-state index contributed by atoms with van der Waals surface area (Å²) in [5.74, 6) is 0.448. The molecule has 0 radical (unpaired) electrons. The first-order valence-electron chi connectivity index (χ1n) is 9.80. The van der Waals surface area contributed by atoms with Crippen molar-refractivity contribution >= 4 is 35.0 Å². The number of likely N-dealkylation sites (N-methyl/N-ethyl adjacent to an activating group) is 1. The lowest BCUT2D eigenvalue weighted by Gasteiger charge is -2.28. The van der Waals surface area contributed by atoms with E-state index in [4.69, 9.17) is 16.3 Å². The molecule has 1 N–H and O–H groups in total. The Labute approximate surface area is 181 Å². The van der Waals surface area contributed by atoms with Crippen LogP contribution in [0.1, 0.15) is 24.7 Å². The zero-order valence-corrected chi connectivity index (χ0v) is 18.5. The topological polar surface area (TPSA) is 53.0 Å². The Morgan fingerprint density at radius 1 is 1.17 bits per heavy atom. The number of benzene rings is 2. The van der Waals surface area contributed by atoms with Gasteiger partial charge in [0.15, 0.2) is 0 Å². The highest BCUT2D eigenvalue weighted by Gasteiger charge is 2.37. The number of methoxy groups -OCH3 is 1. The molecule has 2 aromatic carbocycles. The van der Waals surface area contributed by atoms with Crippen LogP contribution in [0, 0.1) is 0 Å². The van der Waals surface area contributed by atoms with Crippen molar-refractivity contribution in [2.75, 3.05) is 38.2 Å². The molecule has 0 fully saturated rings. The molecule has 7 heteroatoms. The van der Waals surface area contributed by atoms with Crippen LogP contribution in [0.4, 0.5) is 5.69 Å². The molecule has 0 spiro atoms. The highest BCUT2D eigenvalue weighted by molar-refractivity contribution is 7.99. The van der Waals surface area contributed by atoms with Crippen LogP contribution in [0.2, 0.25) is 5.02 Å². The molecule has 2 atom stereocenters. The maximum Gasteiger partial charge on any atom is 0.257 e. The van der Waals surface area contributed by atoms with Gasteiger partial charge in [0, 0.05) is 23.0 Å². The quantitative estimate of drug-likeness (QED) is 0.706. The maximum absolute atomic E-state index is 13.3. The van der Waals surface area contributed by atoms with Gasteiger partial charge in [-0.15, -0.1) is 11.8 Å². The van der Waals surface area contributed by atoms with E-state index in [0.29, 0.717) is 11.6 Å². The minimum atomic E-state index is -1.16. The summed E-state index contributed by atoms with van der Waals surface area (Å²) in [6.07, 6.45) is -1.16. The monoisotopic (exact) mass is 434 g/mol.